The summed E-state index contributed by atoms with van der Waals surface area (Å²) in [6, 6.07) is 0. The summed E-state index contributed by atoms with van der Waals surface area (Å²) in [7, 11) is -11.0. The molecule has 0 aromatic carbocycles. The largest absolute Gasteiger partial charge is 3.00 e. The average molecular weight is 357 g/mol. The van der Waals surface area contributed by atoms with Gasteiger partial charge in [0.1, 0.15) is 0 Å². The first-order valence-electron chi connectivity index (χ1n) is 1.48. The van der Waals surface area contributed by atoms with Crippen LogP contribution in [0.3, 0.4) is 0 Å². The van der Waals surface area contributed by atoms with E-state index >= 15 is 0 Å². The van der Waals surface area contributed by atoms with Crippen LogP contribution in [-0.2, 0) is 52.7 Å². The molecular formula is H19CrO14P2+4. The minimum Gasteiger partial charge on any atom is -0.790 e. The zero-order chi connectivity index (χ0) is 7.71. The van der Waals surface area contributed by atoms with Crippen molar-refractivity contribution in [3.63, 3.8) is 0 Å². The number of hydrogen-bond donors (Lipinski definition) is 1. The molecule has 0 aliphatic rings. The van der Waals surface area contributed by atoms with Crippen LogP contribution in [0.2, 0.25) is 0 Å². The van der Waals surface area contributed by atoms with E-state index < -0.39 is 15.6 Å². The van der Waals surface area contributed by atoms with Crippen LogP contribution in [-0.4, -0.2) is 21.3 Å². The Morgan fingerprint density at radius 2 is 1.00 bits per heavy atom. The van der Waals surface area contributed by atoms with Gasteiger partial charge in [0, 0.05) is 0 Å². The van der Waals surface area contributed by atoms with Crippen LogP contribution in [0.5, 0.6) is 0 Å². The van der Waals surface area contributed by atoms with Crippen molar-refractivity contribution in [1.82, 2.24) is 0 Å². The molecule has 0 fully saturated rings. The van der Waals surface area contributed by atoms with Gasteiger partial charge in [-0.15, -0.1) is 0 Å². The summed E-state index contributed by atoms with van der Waals surface area (Å²) in [5.41, 5.74) is 0. The molecule has 0 aliphatic carbocycles. The van der Waals surface area contributed by atoms with E-state index in [-0.39, 0.29) is 55.7 Å². The Morgan fingerprint density at radius 3 is 1.00 bits per heavy atom. The van der Waals surface area contributed by atoms with Crippen LogP contribution in [0.1, 0.15) is 0 Å². The molecule has 1 radical (unpaired) electrons. The van der Waals surface area contributed by atoms with Gasteiger partial charge in [0.15, 0.2) is 0 Å². The second kappa shape index (κ2) is 21.8. The van der Waals surface area contributed by atoms with Crippen molar-refractivity contribution < 1.29 is 88.7 Å². The summed E-state index contributed by atoms with van der Waals surface area (Å²) in [5.74, 6) is 0. The first-order valence-corrected chi connectivity index (χ1v) is 4.43. The van der Waals surface area contributed by atoms with Crippen LogP contribution < -0.4 is 14.7 Å². The number of hydrogen-bond acceptors (Lipinski definition) is 6. The normalized spacial score (nSPS) is 10.1. The third-order valence-electron chi connectivity index (χ3n) is 0.203. The Labute approximate surface area is 105 Å². The van der Waals surface area contributed by atoms with E-state index in [9.17, 15) is 23.8 Å². The van der Waals surface area contributed by atoms with E-state index in [2.05, 4.69) is 4.31 Å². The second-order valence-corrected chi connectivity index (χ2v) is 3.48. The van der Waals surface area contributed by atoms with Gasteiger partial charge in [-0.05, 0) is 0 Å². The third kappa shape index (κ3) is 82.0. The van der Waals surface area contributed by atoms with Gasteiger partial charge in [0.05, 0.1) is 7.82 Å². The zero-order valence-corrected chi connectivity index (χ0v) is 11.1. The van der Waals surface area contributed by atoms with Gasteiger partial charge in [-0.25, -0.2) is 0 Å². The average Bonchev–Trinajstić information content (AvgIpc) is 1.14. The fourth-order valence-electron chi connectivity index (χ4n) is 0.126. The van der Waals surface area contributed by atoms with Crippen molar-refractivity contribution in [2.45, 2.75) is 0 Å². The summed E-state index contributed by atoms with van der Waals surface area (Å²) < 4.78 is 21.4. The van der Waals surface area contributed by atoms with Gasteiger partial charge in [0.25, 0.3) is 7.82 Å². The Kier molecular flexibility index (Phi) is 84.4. The minimum atomic E-state index is -5.61. The maximum atomic E-state index is 9.44. The summed E-state index contributed by atoms with van der Waals surface area (Å²) in [6.45, 7) is 0. The van der Waals surface area contributed by atoms with Crippen LogP contribution in [0.4, 0.5) is 0 Å². The van der Waals surface area contributed by atoms with E-state index in [0.29, 0.717) is 0 Å². The van der Waals surface area contributed by atoms with Crippen molar-refractivity contribution in [1.29, 1.82) is 0 Å². The fourth-order valence-corrected chi connectivity index (χ4v) is 1.14. The molecule has 1 atom stereocenters. The molecule has 1 unspecified atom stereocenters. The minimum absolute atomic E-state index is 0. The quantitative estimate of drug-likeness (QED) is 0.366. The monoisotopic (exact) mass is 357 g/mol. The molecule has 0 amide bonds. The van der Waals surface area contributed by atoms with Gasteiger partial charge in [0.2, 0.25) is 0 Å². The molecule has 0 aromatic heterocycles. The van der Waals surface area contributed by atoms with Crippen molar-refractivity contribution in [3.8, 4) is 0 Å². The number of phosphoric acid groups is 2. The van der Waals surface area contributed by atoms with Crippen molar-refractivity contribution in [2.24, 2.45) is 0 Å². The second-order valence-electron chi connectivity index (χ2n) is 0.997. The predicted octanol–water partition coefficient (Wildman–Crippen LogP) is -8.87. The van der Waals surface area contributed by atoms with E-state index in [1.54, 1.807) is 0 Å². The summed E-state index contributed by atoms with van der Waals surface area (Å²) in [5, 5.41) is 0. The summed E-state index contributed by atoms with van der Waals surface area (Å²) in [4.78, 5) is 35.7. The van der Waals surface area contributed by atoms with Crippen molar-refractivity contribution >= 4 is 15.6 Å². The van der Waals surface area contributed by atoms with E-state index in [1.165, 1.54) is 0 Å². The maximum absolute atomic E-state index is 9.44. The van der Waals surface area contributed by atoms with Crippen LogP contribution in [0.25, 0.3) is 0 Å². The molecule has 14 nitrogen and oxygen atoms in total. The zero-order valence-electron chi connectivity index (χ0n) is 8.01. The van der Waals surface area contributed by atoms with Crippen LogP contribution >= 0.6 is 15.6 Å². The molecule has 19 N–H and O–H groups in total. The molecular weight excluding hydrogens is 338 g/mol. The Bertz CT molecular complexity index is 155. The molecule has 0 aromatic rings. The smallest absolute Gasteiger partial charge is 0.790 e. The fraction of sp³-hybridized carbons (Fsp3) is 0. The van der Waals surface area contributed by atoms with E-state index in [4.69, 9.17) is 4.89 Å². The molecule has 17 heavy (non-hydrogen) atoms. The molecule has 17 heteroatoms. The molecule has 0 rings (SSSR count). The van der Waals surface area contributed by atoms with E-state index in [0.717, 1.165) is 0 Å². The van der Waals surface area contributed by atoms with Crippen LogP contribution in [0, 0.1) is 0 Å². The summed E-state index contributed by atoms with van der Waals surface area (Å²) in [6.07, 6.45) is 0. The standard InChI is InChI=1S/Cr.H4O7P2.7H2O/c;1-8(2,3)7-9(4,5)6;;;;;;;/h;(H2,1,2,3)(H2,4,5,6);7*1H2/q+3;;;;;;;;/p+1. The first kappa shape index (κ1) is 65.9. The summed E-state index contributed by atoms with van der Waals surface area (Å²) >= 11 is 0. The van der Waals surface area contributed by atoms with Gasteiger partial charge >= 0.3 is 17.4 Å². The number of rotatable bonds is 2. The SMILES string of the molecule is O.O.O.O=P([O-])([O-])OP(=O)([O-])O.[Cr+3].[OH3+].[OH3+].[OH3+].[OH3+]. The first-order chi connectivity index (χ1) is 3.71. The van der Waals surface area contributed by atoms with Gasteiger partial charge < -0.3 is 62.5 Å². The topological polar surface area (TPSA) is 359 Å². The molecule has 0 saturated carbocycles. The predicted molar refractivity (Wildman–Crippen MR) is 48.8 cm³/mol. The van der Waals surface area contributed by atoms with Crippen molar-refractivity contribution in [2.75, 3.05) is 0 Å². The molecule has 0 bridgehead atoms. The molecule has 0 saturated heterocycles. The molecule has 115 valence electrons. The Balaban J connectivity index is -0.0000000114. The van der Waals surface area contributed by atoms with E-state index in [1.807, 2.05) is 0 Å². The molecule has 0 heterocycles. The molecule has 0 spiro atoms. The Hall–Kier alpha value is 0.512. The van der Waals surface area contributed by atoms with Crippen LogP contribution in [0.15, 0.2) is 0 Å². The van der Waals surface area contributed by atoms with Gasteiger partial charge in [-0.1, -0.05) is 0 Å². The van der Waals surface area contributed by atoms with Gasteiger partial charge in [-0.3, -0.25) is 8.88 Å². The maximum Gasteiger partial charge on any atom is 3.00 e. The third-order valence-corrected chi connectivity index (χ3v) is 1.83. The van der Waals surface area contributed by atoms with Gasteiger partial charge in [-0.2, -0.15) is 0 Å². The molecule has 0 aliphatic heterocycles. The Morgan fingerprint density at radius 1 is 0.824 bits per heavy atom. The van der Waals surface area contributed by atoms with Crippen molar-refractivity contribution in [3.05, 3.63) is 0 Å².